The number of aryl methyl sites for hydroxylation is 1. The van der Waals surface area contributed by atoms with E-state index in [9.17, 15) is 14.9 Å². The highest BCUT2D eigenvalue weighted by atomic mass is 35.5. The lowest BCUT2D eigenvalue weighted by molar-refractivity contribution is -0.385. The molecule has 1 amide bonds. The molecule has 0 aromatic heterocycles. The number of halogens is 1. The van der Waals surface area contributed by atoms with Crippen LogP contribution in [0.1, 0.15) is 28.8 Å². The van der Waals surface area contributed by atoms with E-state index in [1.807, 2.05) is 6.92 Å². The zero-order valence-corrected chi connectivity index (χ0v) is 13.3. The predicted octanol–water partition coefficient (Wildman–Crippen LogP) is 2.15. The minimum atomic E-state index is -0.476. The topological polar surface area (TPSA) is 75.5 Å². The zero-order valence-electron chi connectivity index (χ0n) is 12.4. The number of likely N-dealkylation sites (tertiary alicyclic amines) is 1. The average molecular weight is 326 g/mol. The number of carbonyl (C=O) groups excluding carboxylic acids is 1. The second-order valence-corrected chi connectivity index (χ2v) is 5.93. The van der Waals surface area contributed by atoms with Gasteiger partial charge in [-0.1, -0.05) is 6.07 Å². The molecule has 0 spiro atoms. The van der Waals surface area contributed by atoms with Crippen molar-refractivity contribution in [2.75, 3.05) is 19.6 Å². The molecule has 2 aliphatic heterocycles. The predicted molar refractivity (Wildman–Crippen MR) is 85.5 cm³/mol. The van der Waals surface area contributed by atoms with Gasteiger partial charge in [0.15, 0.2) is 0 Å². The summed E-state index contributed by atoms with van der Waals surface area (Å²) < 4.78 is 0. The fourth-order valence-corrected chi connectivity index (χ4v) is 3.38. The number of amides is 1. The number of hydrogen-bond donors (Lipinski definition) is 1. The van der Waals surface area contributed by atoms with Gasteiger partial charge in [0.25, 0.3) is 11.6 Å². The molecule has 1 aromatic rings. The van der Waals surface area contributed by atoms with Crippen LogP contribution in [0.5, 0.6) is 0 Å². The molecular formula is C15H20ClN3O3. The summed E-state index contributed by atoms with van der Waals surface area (Å²) in [6.07, 6.45) is 2.00. The van der Waals surface area contributed by atoms with Crippen molar-refractivity contribution < 1.29 is 9.72 Å². The number of hydrogen-bond acceptors (Lipinski definition) is 4. The van der Waals surface area contributed by atoms with Crippen molar-refractivity contribution in [3.05, 3.63) is 39.4 Å². The number of nitro benzene ring substituents is 1. The zero-order chi connectivity index (χ0) is 15.0. The molecule has 2 saturated heterocycles. The van der Waals surface area contributed by atoms with Crippen molar-refractivity contribution in [3.63, 3.8) is 0 Å². The molecule has 0 radical (unpaired) electrons. The Morgan fingerprint density at radius 2 is 2.18 bits per heavy atom. The summed E-state index contributed by atoms with van der Waals surface area (Å²) in [5.41, 5.74) is 0.975. The molecule has 0 saturated carbocycles. The molecule has 22 heavy (non-hydrogen) atoms. The van der Waals surface area contributed by atoms with Crippen LogP contribution >= 0.6 is 12.4 Å². The first-order chi connectivity index (χ1) is 10.1. The van der Waals surface area contributed by atoms with Crippen molar-refractivity contribution in [1.82, 2.24) is 10.2 Å². The maximum Gasteiger partial charge on any atom is 0.282 e. The Labute approximate surface area is 135 Å². The second-order valence-electron chi connectivity index (χ2n) is 5.93. The van der Waals surface area contributed by atoms with Crippen LogP contribution in [0.25, 0.3) is 0 Å². The number of carbonyl (C=O) groups is 1. The average Bonchev–Trinajstić information content (AvgIpc) is 2.93. The SMILES string of the molecule is Cc1ccc([N+](=O)[O-])c(C(=O)N2CCC3NCCC3C2)c1.Cl. The van der Waals surface area contributed by atoms with E-state index >= 15 is 0 Å². The van der Waals surface area contributed by atoms with Crippen LogP contribution in [0, 0.1) is 23.0 Å². The van der Waals surface area contributed by atoms with Crippen LogP contribution in [-0.2, 0) is 0 Å². The minimum absolute atomic E-state index is 0. The third kappa shape index (κ3) is 3.08. The smallest absolute Gasteiger partial charge is 0.282 e. The first-order valence-corrected chi connectivity index (χ1v) is 7.34. The van der Waals surface area contributed by atoms with E-state index in [-0.39, 0.29) is 29.6 Å². The van der Waals surface area contributed by atoms with Gasteiger partial charge >= 0.3 is 0 Å². The molecule has 7 heteroatoms. The summed E-state index contributed by atoms with van der Waals surface area (Å²) in [5, 5.41) is 14.6. The molecule has 3 rings (SSSR count). The number of nitrogens with zero attached hydrogens (tertiary/aromatic N) is 2. The first-order valence-electron chi connectivity index (χ1n) is 7.34. The number of nitro groups is 1. The highest BCUT2D eigenvalue weighted by Crippen LogP contribution is 2.28. The molecule has 120 valence electrons. The molecular weight excluding hydrogens is 306 g/mol. The number of piperidine rings is 1. The fourth-order valence-electron chi connectivity index (χ4n) is 3.38. The molecule has 0 bridgehead atoms. The van der Waals surface area contributed by atoms with Crippen molar-refractivity contribution in [3.8, 4) is 0 Å². The lowest BCUT2D eigenvalue weighted by Gasteiger charge is -2.34. The molecule has 1 N–H and O–H groups in total. The maximum atomic E-state index is 12.7. The number of fused-ring (bicyclic) bond motifs is 1. The van der Waals surface area contributed by atoms with Crippen molar-refractivity contribution >= 4 is 24.0 Å². The molecule has 0 aliphatic carbocycles. The second kappa shape index (κ2) is 6.62. The Kier molecular flexibility index (Phi) is 5.03. The van der Waals surface area contributed by atoms with Crippen molar-refractivity contribution in [2.24, 2.45) is 5.92 Å². The number of benzene rings is 1. The van der Waals surface area contributed by atoms with Gasteiger partial charge in [0.05, 0.1) is 4.92 Å². The van der Waals surface area contributed by atoms with E-state index in [2.05, 4.69) is 5.32 Å². The molecule has 2 unspecified atom stereocenters. The summed E-state index contributed by atoms with van der Waals surface area (Å²) in [5.74, 6) is 0.266. The van der Waals surface area contributed by atoms with Crippen LogP contribution in [0.3, 0.4) is 0 Å². The van der Waals surface area contributed by atoms with Crippen LogP contribution in [0.2, 0.25) is 0 Å². The Morgan fingerprint density at radius 1 is 1.41 bits per heavy atom. The van der Waals surface area contributed by atoms with Gasteiger partial charge in [-0.25, -0.2) is 0 Å². The van der Waals surface area contributed by atoms with E-state index in [1.165, 1.54) is 6.07 Å². The molecule has 1 aromatic carbocycles. The normalized spacial score (nSPS) is 23.6. The summed E-state index contributed by atoms with van der Waals surface area (Å²) >= 11 is 0. The Morgan fingerprint density at radius 3 is 2.91 bits per heavy atom. The van der Waals surface area contributed by atoms with E-state index in [0.29, 0.717) is 25.0 Å². The standard InChI is InChI=1S/C15H19N3O3.ClH/c1-10-2-3-14(18(20)21)12(8-10)15(19)17-7-5-13-11(9-17)4-6-16-13;/h2-3,8,11,13,16H,4-7,9H2,1H3;1H. The van der Waals surface area contributed by atoms with Crippen LogP contribution in [0.15, 0.2) is 18.2 Å². The van der Waals surface area contributed by atoms with Gasteiger partial charge < -0.3 is 10.2 Å². The molecule has 6 nitrogen and oxygen atoms in total. The van der Waals surface area contributed by atoms with E-state index < -0.39 is 4.92 Å². The molecule has 2 atom stereocenters. The van der Waals surface area contributed by atoms with Crippen LogP contribution in [-0.4, -0.2) is 41.4 Å². The first kappa shape index (κ1) is 16.7. The van der Waals surface area contributed by atoms with Gasteiger partial charge in [0, 0.05) is 25.2 Å². The largest absolute Gasteiger partial charge is 0.338 e. The van der Waals surface area contributed by atoms with Gasteiger partial charge in [0.2, 0.25) is 0 Å². The highest BCUT2D eigenvalue weighted by molar-refractivity contribution is 5.98. The lowest BCUT2D eigenvalue weighted by Crippen LogP contribution is -2.47. The quantitative estimate of drug-likeness (QED) is 0.667. The highest BCUT2D eigenvalue weighted by Gasteiger charge is 2.36. The van der Waals surface area contributed by atoms with Crippen LogP contribution < -0.4 is 5.32 Å². The summed E-state index contributed by atoms with van der Waals surface area (Å²) in [7, 11) is 0. The van der Waals surface area contributed by atoms with Crippen molar-refractivity contribution in [2.45, 2.75) is 25.8 Å². The van der Waals surface area contributed by atoms with Crippen LogP contribution in [0.4, 0.5) is 5.69 Å². The van der Waals surface area contributed by atoms with E-state index in [0.717, 1.165) is 24.9 Å². The third-order valence-electron chi connectivity index (χ3n) is 4.52. The number of rotatable bonds is 2. The van der Waals surface area contributed by atoms with Gasteiger partial charge in [-0.15, -0.1) is 12.4 Å². The van der Waals surface area contributed by atoms with Gasteiger partial charge in [-0.05, 0) is 43.9 Å². The van der Waals surface area contributed by atoms with Gasteiger partial charge in [0.1, 0.15) is 5.56 Å². The van der Waals surface area contributed by atoms with Gasteiger partial charge in [-0.2, -0.15) is 0 Å². The maximum absolute atomic E-state index is 12.7. The van der Waals surface area contributed by atoms with Crippen molar-refractivity contribution in [1.29, 1.82) is 0 Å². The Bertz CT molecular complexity index is 593. The third-order valence-corrected chi connectivity index (χ3v) is 4.52. The molecule has 2 fully saturated rings. The minimum Gasteiger partial charge on any atom is -0.338 e. The summed E-state index contributed by atoms with van der Waals surface area (Å²) in [4.78, 5) is 25.1. The fraction of sp³-hybridized carbons (Fsp3) is 0.533. The molecule has 2 aliphatic rings. The number of nitrogens with one attached hydrogen (secondary N) is 1. The molecule has 2 heterocycles. The summed E-state index contributed by atoms with van der Waals surface area (Å²) in [6, 6.07) is 5.22. The summed E-state index contributed by atoms with van der Waals surface area (Å²) in [6.45, 7) is 4.20. The monoisotopic (exact) mass is 325 g/mol. The lowest BCUT2D eigenvalue weighted by atomic mass is 9.92. The van der Waals surface area contributed by atoms with Gasteiger partial charge in [-0.3, -0.25) is 14.9 Å². The van der Waals surface area contributed by atoms with E-state index in [1.54, 1.807) is 17.0 Å². The Hall–Kier alpha value is -1.66. The Balaban J connectivity index is 0.00000176. The van der Waals surface area contributed by atoms with E-state index in [4.69, 9.17) is 0 Å².